The van der Waals surface area contributed by atoms with Gasteiger partial charge in [0.25, 0.3) is 0 Å². The summed E-state index contributed by atoms with van der Waals surface area (Å²) >= 11 is 9.03. The van der Waals surface area contributed by atoms with Gasteiger partial charge in [0.15, 0.2) is 0 Å². The molecule has 1 fully saturated rings. The van der Waals surface area contributed by atoms with Crippen molar-refractivity contribution in [2.75, 3.05) is 19.6 Å². The molecule has 0 aliphatic carbocycles. The van der Waals surface area contributed by atoms with E-state index in [4.69, 9.17) is 39.6 Å². The van der Waals surface area contributed by atoms with Gasteiger partial charge in [0.1, 0.15) is 0 Å². The van der Waals surface area contributed by atoms with E-state index in [-0.39, 0.29) is 29.6 Å². The van der Waals surface area contributed by atoms with E-state index in [1.54, 1.807) is 12.1 Å². The Morgan fingerprint density at radius 1 is 1.06 bits per heavy atom. The molecular formula is C21H21ClCrN2O8. The zero-order valence-electron chi connectivity index (χ0n) is 17.8. The van der Waals surface area contributed by atoms with E-state index in [1.165, 1.54) is 0 Å². The second-order valence-corrected chi connectivity index (χ2v) is 7.20. The summed E-state index contributed by atoms with van der Waals surface area (Å²) in [4.78, 5) is 13.0. The van der Waals surface area contributed by atoms with Gasteiger partial charge in [-0.15, -0.1) is 0 Å². The number of morpholine rings is 1. The summed E-state index contributed by atoms with van der Waals surface area (Å²) in [5, 5.41) is 11.7. The zero-order valence-corrected chi connectivity index (χ0v) is 19.8. The van der Waals surface area contributed by atoms with Gasteiger partial charge in [-0.05, 0) is 0 Å². The standard InChI is InChI=1S/C16H21ClN2O3.5CO.Cr/c1-12-9-18(10-13(2)22-12)8-7-15(11-19(20)21)14-3-5-16(17)6-4-14;5*1-2;/h3-6,12-13,15H,7,9-11H2,1-2H3;;;;;;/t12-,13-,15-;;;;;;/m0....../s1. The van der Waals surface area contributed by atoms with Gasteiger partial charge in [0.05, 0.1) is 0 Å². The van der Waals surface area contributed by atoms with Crippen LogP contribution in [-0.4, -0.2) is 46.2 Å². The molecule has 1 heterocycles. The van der Waals surface area contributed by atoms with Crippen LogP contribution in [0.15, 0.2) is 24.3 Å². The van der Waals surface area contributed by atoms with Crippen LogP contribution in [-0.2, 0) is 43.8 Å². The van der Waals surface area contributed by atoms with E-state index in [9.17, 15) is 10.1 Å². The van der Waals surface area contributed by atoms with E-state index < -0.39 is 0 Å². The third-order valence-electron chi connectivity index (χ3n) is 3.90. The van der Waals surface area contributed by atoms with Crippen LogP contribution in [0.2, 0.25) is 5.02 Å². The summed E-state index contributed by atoms with van der Waals surface area (Å²) in [7, 11) is 0. The SMILES string of the molecule is C[C@H]1CN([C](=[Cr])C[C@@H](C[N+](=O)[O-])c2ccc(Cl)cc2)C[C@H](C)O1.[C-]#[O+].[C-]#[O+].[C-]#[O+].[C-]#[O+].[C-]#[O+]. The van der Waals surface area contributed by atoms with E-state index in [2.05, 4.69) is 54.0 Å². The molecule has 1 aliphatic rings. The molecule has 0 amide bonds. The van der Waals surface area contributed by atoms with Crippen LogP contribution in [0.5, 0.6) is 0 Å². The molecule has 0 saturated carbocycles. The van der Waals surface area contributed by atoms with Crippen molar-refractivity contribution in [3.63, 3.8) is 0 Å². The number of benzene rings is 1. The molecule has 33 heavy (non-hydrogen) atoms. The van der Waals surface area contributed by atoms with Crippen molar-refractivity contribution in [1.29, 1.82) is 0 Å². The Labute approximate surface area is 205 Å². The second-order valence-electron chi connectivity index (χ2n) is 6.02. The fourth-order valence-corrected chi connectivity index (χ4v) is 3.60. The first-order valence-electron chi connectivity index (χ1n) is 8.67. The van der Waals surface area contributed by atoms with Gasteiger partial charge >= 0.3 is 206 Å². The zero-order chi connectivity index (χ0) is 27.0. The van der Waals surface area contributed by atoms with Gasteiger partial charge in [-0.2, -0.15) is 0 Å². The minimum absolute atomic E-state index is 0.0950. The maximum atomic E-state index is 11.0. The van der Waals surface area contributed by atoms with Crippen LogP contribution in [0.25, 0.3) is 0 Å². The van der Waals surface area contributed by atoms with Crippen LogP contribution in [0.3, 0.4) is 0 Å². The predicted molar refractivity (Wildman–Crippen MR) is 107 cm³/mol. The van der Waals surface area contributed by atoms with Crippen molar-refractivity contribution in [3.05, 3.63) is 78.2 Å². The molecule has 12 heteroatoms. The topological polar surface area (TPSA) is 155 Å². The first-order valence-corrected chi connectivity index (χ1v) is 9.69. The van der Waals surface area contributed by atoms with E-state index in [0.717, 1.165) is 23.2 Å². The van der Waals surface area contributed by atoms with Gasteiger partial charge in [0.2, 0.25) is 0 Å². The number of nitro groups is 1. The van der Waals surface area contributed by atoms with Gasteiger partial charge in [-0.3, -0.25) is 0 Å². The number of rotatable bonds is 6. The molecule has 0 unspecified atom stereocenters. The summed E-state index contributed by atoms with van der Waals surface area (Å²) in [6, 6.07) is 7.30. The number of hydrogen-bond acceptors (Lipinski definition) is 4. The van der Waals surface area contributed by atoms with Gasteiger partial charge in [-0.1, -0.05) is 0 Å². The number of nitrogens with zero attached hydrogens (tertiary/aromatic N) is 2. The number of ether oxygens (including phenoxy) is 1. The molecule has 1 aromatic rings. The Balaban J connectivity index is -0.000000371. The molecule has 1 aliphatic heterocycles. The van der Waals surface area contributed by atoms with Crippen molar-refractivity contribution < 1.29 is 48.8 Å². The number of halogens is 1. The second kappa shape index (κ2) is 26.2. The normalized spacial score (nSPS) is 16.6. The van der Waals surface area contributed by atoms with E-state index >= 15 is 0 Å². The van der Waals surface area contributed by atoms with Crippen LogP contribution in [0.1, 0.15) is 31.7 Å². The van der Waals surface area contributed by atoms with E-state index in [0.29, 0.717) is 11.4 Å². The molecule has 0 spiro atoms. The van der Waals surface area contributed by atoms with Gasteiger partial charge < -0.3 is 0 Å². The fraction of sp³-hybridized carbons (Fsp3) is 0.429. The molecule has 1 saturated heterocycles. The predicted octanol–water partition coefficient (Wildman–Crippen LogP) is 2.69. The third-order valence-corrected chi connectivity index (χ3v) is 4.82. The Kier molecular flexibility index (Phi) is 30.3. The fourth-order valence-electron chi connectivity index (χ4n) is 2.92. The molecule has 0 radical (unpaired) electrons. The molecule has 10 nitrogen and oxygen atoms in total. The average Bonchev–Trinajstić information content (AvgIpc) is 2.84. The maximum absolute atomic E-state index is 11.0. The Hall–Kier alpha value is -2.07. The molecule has 1 aromatic carbocycles. The van der Waals surface area contributed by atoms with Crippen LogP contribution in [0.4, 0.5) is 0 Å². The van der Waals surface area contributed by atoms with Crippen LogP contribution >= 0.6 is 11.6 Å². The van der Waals surface area contributed by atoms with Crippen molar-refractivity contribution in [2.45, 2.75) is 38.4 Å². The Morgan fingerprint density at radius 3 is 1.82 bits per heavy atom. The molecule has 0 bridgehead atoms. The molecule has 0 aromatic heterocycles. The van der Waals surface area contributed by atoms with Gasteiger partial charge in [-0.25, -0.2) is 0 Å². The Bertz CT molecular complexity index is 732. The first kappa shape index (κ1) is 38.2. The number of hydrogen-bond donors (Lipinski definition) is 0. The molecule has 3 atom stereocenters. The Morgan fingerprint density at radius 2 is 1.45 bits per heavy atom. The van der Waals surface area contributed by atoms with Crippen molar-refractivity contribution >= 4 is 16.1 Å². The summed E-state index contributed by atoms with van der Waals surface area (Å²) in [5.41, 5.74) is 0.938. The minimum atomic E-state index is -0.253. The summed E-state index contributed by atoms with van der Waals surface area (Å²) in [5.74, 6) is -0.174. The van der Waals surface area contributed by atoms with Crippen molar-refractivity contribution in [2.24, 2.45) is 0 Å². The average molecular weight is 517 g/mol. The summed E-state index contributed by atoms with van der Waals surface area (Å²) < 4.78 is 44.3. The molecule has 0 N–H and O–H groups in total. The molecular weight excluding hydrogens is 496 g/mol. The monoisotopic (exact) mass is 516 g/mol. The van der Waals surface area contributed by atoms with Crippen LogP contribution < -0.4 is 0 Å². The summed E-state index contributed by atoms with van der Waals surface area (Å²) in [6.07, 6.45) is 0.931. The van der Waals surface area contributed by atoms with Crippen molar-refractivity contribution in [1.82, 2.24) is 4.90 Å². The van der Waals surface area contributed by atoms with Gasteiger partial charge in [0, 0.05) is 0 Å². The first-order chi connectivity index (χ1) is 15.8. The molecule has 2 rings (SSSR count). The summed E-state index contributed by atoms with van der Waals surface area (Å²) in [6.45, 7) is 28.1. The third kappa shape index (κ3) is 18.1. The van der Waals surface area contributed by atoms with Crippen LogP contribution in [0, 0.1) is 43.4 Å². The molecule has 176 valence electrons. The quantitative estimate of drug-likeness (QED) is 0.246. The van der Waals surface area contributed by atoms with Crippen molar-refractivity contribution in [3.8, 4) is 0 Å². The van der Waals surface area contributed by atoms with E-state index in [1.807, 2.05) is 26.0 Å².